The van der Waals surface area contributed by atoms with Gasteiger partial charge in [-0.25, -0.2) is 0 Å². The number of nitriles is 1. The summed E-state index contributed by atoms with van der Waals surface area (Å²) in [6.07, 6.45) is -4.56. The SMILES string of the molecule is N#CCOc1ccc(C(=O)Nc2ccccc2C(F)(F)F)cc1. The molecule has 0 aromatic heterocycles. The van der Waals surface area contributed by atoms with Gasteiger partial charge in [0.1, 0.15) is 11.8 Å². The first-order chi connectivity index (χ1) is 10.9. The average Bonchev–Trinajstić information content (AvgIpc) is 2.53. The Labute approximate surface area is 130 Å². The van der Waals surface area contributed by atoms with Crippen molar-refractivity contribution in [3.05, 3.63) is 59.7 Å². The number of rotatable bonds is 4. The van der Waals surface area contributed by atoms with Crippen LogP contribution in [0.2, 0.25) is 0 Å². The van der Waals surface area contributed by atoms with Gasteiger partial charge in [0.15, 0.2) is 6.61 Å². The molecule has 0 radical (unpaired) electrons. The second kappa shape index (κ2) is 6.83. The summed E-state index contributed by atoms with van der Waals surface area (Å²) in [6, 6.07) is 12.3. The molecule has 1 N–H and O–H groups in total. The van der Waals surface area contributed by atoms with Crippen LogP contribution >= 0.6 is 0 Å². The molecule has 0 aliphatic carbocycles. The molecule has 2 aromatic rings. The van der Waals surface area contributed by atoms with Gasteiger partial charge in [-0.05, 0) is 36.4 Å². The van der Waals surface area contributed by atoms with E-state index in [9.17, 15) is 18.0 Å². The molecule has 2 aromatic carbocycles. The third-order valence-corrected chi connectivity index (χ3v) is 2.90. The van der Waals surface area contributed by atoms with Crippen LogP contribution in [0.3, 0.4) is 0 Å². The molecular weight excluding hydrogens is 309 g/mol. The van der Waals surface area contributed by atoms with E-state index in [1.165, 1.54) is 42.5 Å². The van der Waals surface area contributed by atoms with Crippen LogP contribution in [0.5, 0.6) is 5.75 Å². The number of anilines is 1. The summed E-state index contributed by atoms with van der Waals surface area (Å²) in [6.45, 7) is -0.134. The standard InChI is InChI=1S/C16H11F3N2O2/c17-16(18,19)13-3-1-2-4-14(13)21-15(22)11-5-7-12(8-6-11)23-10-9-20/h1-8H,10H2,(H,21,22). The number of amides is 1. The molecule has 0 unspecified atom stereocenters. The van der Waals surface area contributed by atoms with Crippen molar-refractivity contribution >= 4 is 11.6 Å². The van der Waals surface area contributed by atoms with Crippen molar-refractivity contribution in [2.75, 3.05) is 11.9 Å². The van der Waals surface area contributed by atoms with Crippen molar-refractivity contribution in [3.63, 3.8) is 0 Å². The molecule has 0 aliphatic heterocycles. The van der Waals surface area contributed by atoms with E-state index in [-0.39, 0.29) is 17.9 Å². The fraction of sp³-hybridized carbons (Fsp3) is 0.125. The van der Waals surface area contributed by atoms with E-state index < -0.39 is 17.6 Å². The van der Waals surface area contributed by atoms with Gasteiger partial charge in [-0.3, -0.25) is 4.79 Å². The van der Waals surface area contributed by atoms with Crippen LogP contribution in [0.25, 0.3) is 0 Å². The normalized spacial score (nSPS) is 10.7. The molecular formula is C16H11F3N2O2. The Bertz CT molecular complexity index is 734. The quantitative estimate of drug-likeness (QED) is 0.930. The zero-order valence-electron chi connectivity index (χ0n) is 11.7. The van der Waals surface area contributed by atoms with Gasteiger partial charge >= 0.3 is 6.18 Å². The molecule has 0 heterocycles. The van der Waals surface area contributed by atoms with Crippen molar-refractivity contribution in [1.82, 2.24) is 0 Å². The van der Waals surface area contributed by atoms with Crippen molar-refractivity contribution in [1.29, 1.82) is 5.26 Å². The van der Waals surface area contributed by atoms with E-state index in [4.69, 9.17) is 10.00 Å². The van der Waals surface area contributed by atoms with Gasteiger partial charge in [-0.15, -0.1) is 0 Å². The zero-order valence-corrected chi connectivity index (χ0v) is 11.7. The van der Waals surface area contributed by atoms with E-state index in [0.717, 1.165) is 6.07 Å². The molecule has 1 amide bonds. The molecule has 0 spiro atoms. The number of nitrogens with one attached hydrogen (secondary N) is 1. The molecule has 4 nitrogen and oxygen atoms in total. The monoisotopic (exact) mass is 320 g/mol. The fourth-order valence-corrected chi connectivity index (χ4v) is 1.85. The summed E-state index contributed by atoms with van der Waals surface area (Å²) in [5.41, 5.74) is -1.05. The highest BCUT2D eigenvalue weighted by Crippen LogP contribution is 2.34. The van der Waals surface area contributed by atoms with Crippen LogP contribution in [0.15, 0.2) is 48.5 Å². The largest absolute Gasteiger partial charge is 0.479 e. The number of halogens is 3. The minimum absolute atomic E-state index is 0.134. The predicted molar refractivity (Wildman–Crippen MR) is 76.9 cm³/mol. The molecule has 0 bridgehead atoms. The third kappa shape index (κ3) is 4.23. The molecule has 0 saturated carbocycles. The first-order valence-electron chi connectivity index (χ1n) is 6.49. The molecule has 7 heteroatoms. The summed E-state index contributed by atoms with van der Waals surface area (Å²) in [5, 5.41) is 10.6. The molecule has 118 valence electrons. The maximum atomic E-state index is 12.9. The van der Waals surface area contributed by atoms with E-state index in [0.29, 0.717) is 5.75 Å². The Balaban J connectivity index is 2.15. The lowest BCUT2D eigenvalue weighted by molar-refractivity contribution is -0.136. The highest BCUT2D eigenvalue weighted by Gasteiger charge is 2.33. The van der Waals surface area contributed by atoms with Crippen molar-refractivity contribution in [2.45, 2.75) is 6.18 Å². The summed E-state index contributed by atoms with van der Waals surface area (Å²) in [5.74, 6) is -0.285. The van der Waals surface area contributed by atoms with Gasteiger partial charge in [0, 0.05) is 5.56 Å². The van der Waals surface area contributed by atoms with Gasteiger partial charge in [-0.2, -0.15) is 18.4 Å². The number of carbonyl (C=O) groups excluding carboxylic acids is 1. The molecule has 2 rings (SSSR count). The lowest BCUT2D eigenvalue weighted by Crippen LogP contribution is -2.16. The Morgan fingerprint density at radius 1 is 1.13 bits per heavy atom. The van der Waals surface area contributed by atoms with E-state index in [2.05, 4.69) is 5.32 Å². The zero-order chi connectivity index (χ0) is 16.9. The van der Waals surface area contributed by atoms with Crippen LogP contribution in [-0.2, 0) is 6.18 Å². The lowest BCUT2D eigenvalue weighted by atomic mass is 10.1. The Morgan fingerprint density at radius 3 is 2.39 bits per heavy atom. The fourth-order valence-electron chi connectivity index (χ4n) is 1.85. The van der Waals surface area contributed by atoms with E-state index in [1.54, 1.807) is 6.07 Å². The number of hydrogen-bond acceptors (Lipinski definition) is 3. The van der Waals surface area contributed by atoms with Crippen LogP contribution in [0.4, 0.5) is 18.9 Å². The van der Waals surface area contributed by atoms with Crippen LogP contribution in [0, 0.1) is 11.3 Å². The van der Waals surface area contributed by atoms with Gasteiger partial charge in [0.2, 0.25) is 0 Å². The first-order valence-corrected chi connectivity index (χ1v) is 6.49. The number of alkyl halides is 3. The second-order valence-corrected chi connectivity index (χ2v) is 4.47. The van der Waals surface area contributed by atoms with Crippen molar-refractivity contribution in [3.8, 4) is 11.8 Å². The highest BCUT2D eigenvalue weighted by molar-refractivity contribution is 6.04. The van der Waals surface area contributed by atoms with Crippen molar-refractivity contribution in [2.24, 2.45) is 0 Å². The highest BCUT2D eigenvalue weighted by atomic mass is 19.4. The Morgan fingerprint density at radius 2 is 1.78 bits per heavy atom. The van der Waals surface area contributed by atoms with Crippen molar-refractivity contribution < 1.29 is 22.7 Å². The maximum Gasteiger partial charge on any atom is 0.418 e. The predicted octanol–water partition coefficient (Wildman–Crippen LogP) is 3.86. The van der Waals surface area contributed by atoms with Gasteiger partial charge in [0.25, 0.3) is 5.91 Å². The summed E-state index contributed by atoms with van der Waals surface area (Å²) in [7, 11) is 0. The smallest absolute Gasteiger partial charge is 0.418 e. The molecule has 0 atom stereocenters. The second-order valence-electron chi connectivity index (χ2n) is 4.47. The minimum atomic E-state index is -4.56. The van der Waals surface area contributed by atoms with Gasteiger partial charge in [-0.1, -0.05) is 12.1 Å². The van der Waals surface area contributed by atoms with E-state index in [1.807, 2.05) is 0 Å². The maximum absolute atomic E-state index is 12.9. The summed E-state index contributed by atoms with van der Waals surface area (Å²) < 4.78 is 43.7. The van der Waals surface area contributed by atoms with Gasteiger partial charge in [0.05, 0.1) is 11.3 Å². The number of benzene rings is 2. The number of hydrogen-bond donors (Lipinski definition) is 1. The molecule has 0 fully saturated rings. The lowest BCUT2D eigenvalue weighted by Gasteiger charge is -2.13. The Hall–Kier alpha value is -3.01. The number of carbonyl (C=O) groups is 1. The summed E-state index contributed by atoms with van der Waals surface area (Å²) >= 11 is 0. The number of nitrogens with zero attached hydrogens (tertiary/aromatic N) is 1. The number of ether oxygens (including phenoxy) is 1. The first kappa shape index (κ1) is 16.4. The molecule has 0 aliphatic rings. The minimum Gasteiger partial charge on any atom is -0.479 e. The van der Waals surface area contributed by atoms with Crippen LogP contribution < -0.4 is 10.1 Å². The van der Waals surface area contributed by atoms with Crippen LogP contribution in [0.1, 0.15) is 15.9 Å². The Kier molecular flexibility index (Phi) is 4.86. The summed E-state index contributed by atoms with van der Waals surface area (Å²) in [4.78, 5) is 12.0. The van der Waals surface area contributed by atoms with E-state index >= 15 is 0 Å². The van der Waals surface area contributed by atoms with Crippen LogP contribution in [-0.4, -0.2) is 12.5 Å². The molecule has 0 saturated heterocycles. The topological polar surface area (TPSA) is 62.1 Å². The number of para-hydroxylation sites is 1. The molecule has 23 heavy (non-hydrogen) atoms. The third-order valence-electron chi connectivity index (χ3n) is 2.90. The average molecular weight is 320 g/mol. The van der Waals surface area contributed by atoms with Gasteiger partial charge < -0.3 is 10.1 Å².